The lowest BCUT2D eigenvalue weighted by Crippen LogP contribution is -2.53. The van der Waals surface area contributed by atoms with E-state index >= 15 is 0 Å². The Kier molecular flexibility index (Phi) is 9.60. The van der Waals surface area contributed by atoms with Crippen LogP contribution in [-0.4, -0.2) is 50.0 Å². The second-order valence-corrected chi connectivity index (χ2v) is 11.7. The molecule has 0 saturated heterocycles. The molecule has 1 saturated carbocycles. The molecule has 1 aliphatic rings. The molecule has 0 radical (unpaired) electrons. The summed E-state index contributed by atoms with van der Waals surface area (Å²) in [4.78, 5) is 27.8. The molecule has 1 aliphatic carbocycles. The number of anilines is 1. The molecule has 3 rings (SSSR count). The van der Waals surface area contributed by atoms with Crippen molar-refractivity contribution in [3.05, 3.63) is 63.9 Å². The second-order valence-electron chi connectivity index (χ2n) is 9.00. The Morgan fingerprint density at radius 2 is 1.75 bits per heavy atom. The van der Waals surface area contributed by atoms with Crippen molar-refractivity contribution in [2.24, 2.45) is 0 Å². The van der Waals surface area contributed by atoms with Gasteiger partial charge in [0.1, 0.15) is 18.4 Å². The Labute approximate surface area is 221 Å². The zero-order chi connectivity index (χ0) is 26.5. The zero-order valence-corrected chi connectivity index (χ0v) is 22.5. The van der Waals surface area contributed by atoms with Crippen LogP contribution in [0.1, 0.15) is 44.6 Å². The first-order valence-electron chi connectivity index (χ1n) is 11.7. The van der Waals surface area contributed by atoms with E-state index in [9.17, 15) is 22.4 Å². The largest absolute Gasteiger partial charge is 0.352 e. The maximum Gasteiger partial charge on any atom is 0.244 e. The van der Waals surface area contributed by atoms with E-state index in [1.807, 2.05) is 0 Å². The molecule has 2 aromatic rings. The van der Waals surface area contributed by atoms with Crippen molar-refractivity contribution in [2.45, 2.75) is 57.7 Å². The van der Waals surface area contributed by atoms with Gasteiger partial charge in [0.15, 0.2) is 0 Å². The standard InChI is InChI=1S/C25H30Cl2FN3O4S/c1-17(25(33)29-19-9-4-3-5-10-19)30(15-18-8-6-7-11-23(18)28)24(32)16-31(36(2,34)35)20-12-13-21(26)22(27)14-20/h6-8,11-14,17,19H,3-5,9-10,15-16H2,1-2H3,(H,29,33). The SMILES string of the molecule is CC(C(=O)NC1CCCCC1)N(Cc1ccccc1F)C(=O)CN(c1ccc(Cl)c(Cl)c1)S(C)(=O)=O. The minimum Gasteiger partial charge on any atom is -0.352 e. The van der Waals surface area contributed by atoms with Gasteiger partial charge in [0, 0.05) is 18.2 Å². The minimum atomic E-state index is -3.92. The molecule has 36 heavy (non-hydrogen) atoms. The Balaban J connectivity index is 1.89. The summed E-state index contributed by atoms with van der Waals surface area (Å²) < 4.78 is 40.6. The Morgan fingerprint density at radius 3 is 2.36 bits per heavy atom. The van der Waals surface area contributed by atoms with Gasteiger partial charge in [-0.05, 0) is 44.0 Å². The summed E-state index contributed by atoms with van der Waals surface area (Å²) in [7, 11) is -3.92. The smallest absolute Gasteiger partial charge is 0.244 e. The molecular formula is C25H30Cl2FN3O4S. The van der Waals surface area contributed by atoms with Crippen molar-refractivity contribution in [3.8, 4) is 0 Å². The lowest BCUT2D eigenvalue weighted by molar-refractivity contribution is -0.139. The van der Waals surface area contributed by atoms with E-state index in [-0.39, 0.29) is 39.8 Å². The fraction of sp³-hybridized carbons (Fsp3) is 0.440. The predicted molar refractivity (Wildman–Crippen MR) is 140 cm³/mol. The van der Waals surface area contributed by atoms with Crippen LogP contribution in [0.15, 0.2) is 42.5 Å². The lowest BCUT2D eigenvalue weighted by atomic mass is 9.95. The van der Waals surface area contributed by atoms with Crippen LogP contribution in [-0.2, 0) is 26.2 Å². The van der Waals surface area contributed by atoms with Crippen LogP contribution < -0.4 is 9.62 Å². The number of hydrogen-bond acceptors (Lipinski definition) is 4. The Morgan fingerprint density at radius 1 is 1.08 bits per heavy atom. The maximum absolute atomic E-state index is 14.5. The molecule has 0 aromatic heterocycles. The van der Waals surface area contributed by atoms with Crippen molar-refractivity contribution in [3.63, 3.8) is 0 Å². The summed E-state index contributed by atoms with van der Waals surface area (Å²) in [5, 5.41) is 3.35. The molecule has 0 aliphatic heterocycles. The molecule has 0 spiro atoms. The van der Waals surface area contributed by atoms with Crippen molar-refractivity contribution < 1.29 is 22.4 Å². The van der Waals surface area contributed by atoms with Gasteiger partial charge < -0.3 is 10.2 Å². The average molecular weight is 559 g/mol. The Hall–Kier alpha value is -2.36. The fourth-order valence-corrected chi connectivity index (χ4v) is 5.35. The number of carbonyl (C=O) groups excluding carboxylic acids is 2. The molecule has 1 N–H and O–H groups in total. The van der Waals surface area contributed by atoms with Gasteiger partial charge in [-0.15, -0.1) is 0 Å². The fourth-order valence-electron chi connectivity index (χ4n) is 4.22. The number of halogens is 3. The van der Waals surface area contributed by atoms with E-state index in [0.29, 0.717) is 0 Å². The van der Waals surface area contributed by atoms with Gasteiger partial charge in [0.25, 0.3) is 0 Å². The average Bonchev–Trinajstić information content (AvgIpc) is 2.83. The molecule has 2 amide bonds. The number of nitrogens with one attached hydrogen (secondary N) is 1. The van der Waals surface area contributed by atoms with E-state index in [1.54, 1.807) is 13.0 Å². The van der Waals surface area contributed by atoms with Crippen LogP contribution in [0.25, 0.3) is 0 Å². The van der Waals surface area contributed by atoms with E-state index in [4.69, 9.17) is 23.2 Å². The molecule has 1 fully saturated rings. The van der Waals surface area contributed by atoms with Crippen LogP contribution in [0, 0.1) is 5.82 Å². The van der Waals surface area contributed by atoms with E-state index in [0.717, 1.165) is 42.7 Å². The quantitative estimate of drug-likeness (QED) is 0.481. The lowest BCUT2D eigenvalue weighted by Gasteiger charge is -2.33. The van der Waals surface area contributed by atoms with Crippen molar-refractivity contribution in [1.82, 2.24) is 10.2 Å². The molecule has 0 bridgehead atoms. The number of amides is 2. The van der Waals surface area contributed by atoms with Crippen molar-refractivity contribution in [1.29, 1.82) is 0 Å². The first-order chi connectivity index (χ1) is 17.0. The topological polar surface area (TPSA) is 86.8 Å². The third kappa shape index (κ3) is 7.33. The third-order valence-electron chi connectivity index (χ3n) is 6.29. The highest BCUT2D eigenvalue weighted by atomic mass is 35.5. The summed E-state index contributed by atoms with van der Waals surface area (Å²) in [6.45, 7) is 0.747. The minimum absolute atomic E-state index is 0.0165. The van der Waals surface area contributed by atoms with Gasteiger partial charge in [-0.2, -0.15) is 0 Å². The molecule has 7 nitrogen and oxygen atoms in total. The van der Waals surface area contributed by atoms with Crippen LogP contribution >= 0.6 is 23.2 Å². The first kappa shape index (κ1) is 28.2. The monoisotopic (exact) mass is 557 g/mol. The molecule has 1 unspecified atom stereocenters. The van der Waals surface area contributed by atoms with Crippen molar-refractivity contribution in [2.75, 3.05) is 17.1 Å². The third-order valence-corrected chi connectivity index (χ3v) is 8.17. The summed E-state index contributed by atoms with van der Waals surface area (Å²) >= 11 is 12.0. The number of nitrogens with zero attached hydrogens (tertiary/aromatic N) is 2. The summed E-state index contributed by atoms with van der Waals surface area (Å²) in [5.74, 6) is -1.56. The maximum atomic E-state index is 14.5. The summed E-state index contributed by atoms with van der Waals surface area (Å²) in [5.41, 5.74) is 0.356. The van der Waals surface area contributed by atoms with E-state index < -0.39 is 34.3 Å². The highest BCUT2D eigenvalue weighted by Crippen LogP contribution is 2.29. The summed E-state index contributed by atoms with van der Waals surface area (Å²) in [6.07, 6.45) is 5.84. The number of sulfonamides is 1. The number of hydrogen-bond donors (Lipinski definition) is 1. The Bertz CT molecular complexity index is 1210. The predicted octanol–water partition coefficient (Wildman–Crippen LogP) is 4.76. The van der Waals surface area contributed by atoms with Gasteiger partial charge in [0.2, 0.25) is 21.8 Å². The van der Waals surface area contributed by atoms with E-state index in [2.05, 4.69) is 5.32 Å². The number of rotatable bonds is 9. The van der Waals surface area contributed by atoms with E-state index in [1.165, 1.54) is 41.3 Å². The van der Waals surface area contributed by atoms with Crippen LogP contribution in [0.2, 0.25) is 10.0 Å². The molecule has 196 valence electrons. The number of carbonyl (C=O) groups is 2. The molecular weight excluding hydrogens is 528 g/mol. The zero-order valence-electron chi connectivity index (χ0n) is 20.2. The van der Waals surface area contributed by atoms with Gasteiger partial charge in [-0.3, -0.25) is 13.9 Å². The molecule has 0 heterocycles. The molecule has 11 heteroatoms. The molecule has 1 atom stereocenters. The highest BCUT2D eigenvalue weighted by molar-refractivity contribution is 7.92. The van der Waals surface area contributed by atoms with Crippen LogP contribution in [0.5, 0.6) is 0 Å². The normalized spacial score (nSPS) is 15.2. The highest BCUT2D eigenvalue weighted by Gasteiger charge is 2.31. The molecule has 2 aromatic carbocycles. The number of benzene rings is 2. The van der Waals surface area contributed by atoms with Crippen LogP contribution in [0.3, 0.4) is 0 Å². The van der Waals surface area contributed by atoms with Gasteiger partial charge in [-0.25, -0.2) is 12.8 Å². The van der Waals surface area contributed by atoms with Gasteiger partial charge in [-0.1, -0.05) is 60.7 Å². The van der Waals surface area contributed by atoms with Gasteiger partial charge >= 0.3 is 0 Å². The van der Waals surface area contributed by atoms with Crippen LogP contribution in [0.4, 0.5) is 10.1 Å². The van der Waals surface area contributed by atoms with Crippen molar-refractivity contribution >= 4 is 50.7 Å². The second kappa shape index (κ2) is 12.3. The first-order valence-corrected chi connectivity index (χ1v) is 14.3. The summed E-state index contributed by atoms with van der Waals surface area (Å²) in [6, 6.07) is 9.21. The van der Waals surface area contributed by atoms with Gasteiger partial charge in [0.05, 0.1) is 22.0 Å².